The van der Waals surface area contributed by atoms with Crippen molar-refractivity contribution >= 4 is 35.1 Å². The molecular weight excluding hydrogens is 599 g/mol. The van der Waals surface area contributed by atoms with Crippen molar-refractivity contribution in [2.75, 3.05) is 46.3 Å². The van der Waals surface area contributed by atoms with Crippen LogP contribution in [0.15, 0.2) is 48.5 Å². The zero-order valence-corrected chi connectivity index (χ0v) is 26.9. The molecule has 1 atom stereocenters. The molecule has 3 aromatic rings. The van der Waals surface area contributed by atoms with Gasteiger partial charge in [0.15, 0.2) is 0 Å². The van der Waals surface area contributed by atoms with E-state index in [4.69, 9.17) is 21.1 Å². The van der Waals surface area contributed by atoms with Crippen LogP contribution in [0.2, 0.25) is 5.02 Å². The maximum atomic E-state index is 15.6. The number of ether oxygens (including phenoxy) is 2. The molecule has 11 heteroatoms. The molecule has 3 aromatic carbocycles. The first-order valence-electron chi connectivity index (χ1n) is 14.9. The molecule has 0 bridgehead atoms. The largest absolute Gasteiger partial charge is 0.496 e. The number of hydrogen-bond acceptors (Lipinski definition) is 6. The van der Waals surface area contributed by atoms with Gasteiger partial charge in [0.25, 0.3) is 0 Å². The van der Waals surface area contributed by atoms with Crippen LogP contribution in [0.3, 0.4) is 0 Å². The topological polar surface area (TPSA) is 100 Å². The van der Waals surface area contributed by atoms with E-state index in [1.54, 1.807) is 25.2 Å². The molecule has 45 heavy (non-hydrogen) atoms. The normalized spacial score (nSPS) is 18.2. The summed E-state index contributed by atoms with van der Waals surface area (Å²) in [6.45, 7) is 5.61. The number of urea groups is 1. The van der Waals surface area contributed by atoms with Gasteiger partial charge in [-0.3, -0.25) is 14.5 Å². The maximum Gasteiger partial charge on any atom is 0.326 e. The molecular formula is C34H38ClFN4O5. The number of hydrogen-bond donors (Lipinski definition) is 2. The van der Waals surface area contributed by atoms with Crippen LogP contribution in [0.4, 0.5) is 14.9 Å². The highest BCUT2D eigenvalue weighted by molar-refractivity contribution is 6.36. The highest BCUT2D eigenvalue weighted by Gasteiger charge is 2.39. The number of methoxy groups -OCH3 is 1. The molecule has 0 aliphatic carbocycles. The molecule has 5 rings (SSSR count). The lowest BCUT2D eigenvalue weighted by molar-refractivity contribution is -0.140. The molecule has 9 nitrogen and oxygen atoms in total. The van der Waals surface area contributed by atoms with Gasteiger partial charge in [0.1, 0.15) is 17.5 Å². The standard InChI is InChI=1S/C34H38ClFN4O5/c1-20-22(8-7-11-28(20)38-31(41)26-19-39(3)33(43)40(4)32(26)42)24-10-6-9-23(30(24)35)21-16-27(36)25(29(17-21)44-5)18-37-34(2)12-14-45-15-13-34/h6-11,16-17,26,37H,12-15,18-19H2,1-5H3,(H,38,41). The Morgan fingerprint density at radius 2 is 1.76 bits per heavy atom. The smallest absolute Gasteiger partial charge is 0.326 e. The molecule has 2 aliphatic heterocycles. The fraction of sp³-hybridized carbons (Fsp3) is 0.382. The van der Waals surface area contributed by atoms with E-state index in [-0.39, 0.29) is 12.1 Å². The lowest BCUT2D eigenvalue weighted by atomic mass is 9.92. The van der Waals surface area contributed by atoms with E-state index in [9.17, 15) is 14.4 Å². The van der Waals surface area contributed by atoms with Crippen molar-refractivity contribution in [2.45, 2.75) is 38.8 Å². The average Bonchev–Trinajstić information content (AvgIpc) is 3.02. The summed E-state index contributed by atoms with van der Waals surface area (Å²) in [5.41, 5.74) is 4.19. The maximum absolute atomic E-state index is 15.6. The fourth-order valence-electron chi connectivity index (χ4n) is 5.88. The highest BCUT2D eigenvalue weighted by Crippen LogP contribution is 2.41. The van der Waals surface area contributed by atoms with Crippen LogP contribution in [0.5, 0.6) is 5.75 Å². The van der Waals surface area contributed by atoms with Crippen molar-refractivity contribution in [1.29, 1.82) is 0 Å². The van der Waals surface area contributed by atoms with E-state index in [2.05, 4.69) is 17.6 Å². The van der Waals surface area contributed by atoms with Crippen molar-refractivity contribution in [3.05, 3.63) is 70.5 Å². The van der Waals surface area contributed by atoms with Gasteiger partial charge in [-0.2, -0.15) is 0 Å². The molecule has 0 radical (unpaired) electrons. The molecule has 2 fully saturated rings. The number of nitrogens with zero attached hydrogens (tertiary/aromatic N) is 2. The first kappa shape index (κ1) is 32.4. The van der Waals surface area contributed by atoms with E-state index in [1.165, 1.54) is 25.1 Å². The number of imide groups is 1. The summed E-state index contributed by atoms with van der Waals surface area (Å²) in [5, 5.41) is 6.77. The van der Waals surface area contributed by atoms with Crippen LogP contribution in [-0.2, 0) is 20.9 Å². The highest BCUT2D eigenvalue weighted by atomic mass is 35.5. The van der Waals surface area contributed by atoms with Crippen LogP contribution in [0.1, 0.15) is 30.9 Å². The Kier molecular flexibility index (Phi) is 9.48. The van der Waals surface area contributed by atoms with Crippen LogP contribution in [0.25, 0.3) is 22.3 Å². The molecule has 0 spiro atoms. The van der Waals surface area contributed by atoms with Crippen molar-refractivity contribution < 1.29 is 28.2 Å². The Morgan fingerprint density at radius 1 is 1.09 bits per heavy atom. The van der Waals surface area contributed by atoms with Crippen molar-refractivity contribution in [3.8, 4) is 28.0 Å². The number of anilines is 1. The molecule has 0 aromatic heterocycles. The third-order valence-corrected chi connectivity index (χ3v) is 9.28. The fourth-order valence-corrected chi connectivity index (χ4v) is 6.21. The number of carbonyl (C=O) groups excluding carboxylic acids is 3. The molecule has 1 unspecified atom stereocenters. The Balaban J connectivity index is 1.41. The molecule has 238 valence electrons. The lowest BCUT2D eigenvalue weighted by Gasteiger charge is -2.35. The Hall–Kier alpha value is -3.99. The number of halogens is 2. The summed E-state index contributed by atoms with van der Waals surface area (Å²) in [6, 6.07) is 13.8. The van der Waals surface area contributed by atoms with Gasteiger partial charge in [-0.25, -0.2) is 9.18 Å². The summed E-state index contributed by atoms with van der Waals surface area (Å²) in [7, 11) is 4.43. The van der Waals surface area contributed by atoms with Gasteiger partial charge in [-0.1, -0.05) is 41.9 Å². The van der Waals surface area contributed by atoms with E-state index in [0.717, 1.165) is 28.9 Å². The Bertz CT molecular complexity index is 1640. The third kappa shape index (κ3) is 6.54. The van der Waals surface area contributed by atoms with Crippen molar-refractivity contribution in [2.24, 2.45) is 5.92 Å². The minimum atomic E-state index is -1.03. The van der Waals surface area contributed by atoms with Gasteiger partial charge in [0.2, 0.25) is 11.8 Å². The summed E-state index contributed by atoms with van der Waals surface area (Å²) < 4.78 is 26.7. The first-order chi connectivity index (χ1) is 21.4. The number of benzene rings is 3. The molecule has 2 N–H and O–H groups in total. The average molecular weight is 637 g/mol. The van der Waals surface area contributed by atoms with Crippen LogP contribution in [-0.4, -0.2) is 74.1 Å². The van der Waals surface area contributed by atoms with Crippen LogP contribution in [0, 0.1) is 18.7 Å². The predicted octanol–water partition coefficient (Wildman–Crippen LogP) is 5.87. The van der Waals surface area contributed by atoms with E-state index in [0.29, 0.717) is 58.5 Å². The van der Waals surface area contributed by atoms with Gasteiger partial charge in [-0.05, 0) is 61.6 Å². The zero-order valence-electron chi connectivity index (χ0n) is 26.1. The van der Waals surface area contributed by atoms with Crippen molar-refractivity contribution in [1.82, 2.24) is 15.1 Å². The van der Waals surface area contributed by atoms with E-state index in [1.807, 2.05) is 31.2 Å². The summed E-state index contributed by atoms with van der Waals surface area (Å²) in [4.78, 5) is 40.2. The molecule has 2 aliphatic rings. The summed E-state index contributed by atoms with van der Waals surface area (Å²) >= 11 is 7.00. The van der Waals surface area contributed by atoms with Gasteiger partial charge >= 0.3 is 6.03 Å². The van der Waals surface area contributed by atoms with Crippen LogP contribution >= 0.6 is 11.6 Å². The predicted molar refractivity (Wildman–Crippen MR) is 172 cm³/mol. The molecule has 0 saturated carbocycles. The van der Waals surface area contributed by atoms with Gasteiger partial charge in [0, 0.05) is 68.3 Å². The van der Waals surface area contributed by atoms with E-state index >= 15 is 4.39 Å². The second kappa shape index (κ2) is 13.2. The minimum Gasteiger partial charge on any atom is -0.496 e. The second-order valence-corrected chi connectivity index (χ2v) is 12.3. The van der Waals surface area contributed by atoms with Crippen molar-refractivity contribution in [3.63, 3.8) is 0 Å². The molecule has 4 amide bonds. The summed E-state index contributed by atoms with van der Waals surface area (Å²) in [6.07, 6.45) is 1.69. The van der Waals surface area contributed by atoms with Crippen LogP contribution < -0.4 is 15.4 Å². The minimum absolute atomic E-state index is 0.0103. The number of nitrogens with one attached hydrogen (secondary N) is 2. The Labute approximate surface area is 267 Å². The zero-order chi connectivity index (χ0) is 32.5. The van der Waals surface area contributed by atoms with Gasteiger partial charge in [-0.15, -0.1) is 0 Å². The third-order valence-electron chi connectivity index (χ3n) is 8.87. The monoisotopic (exact) mass is 636 g/mol. The quantitative estimate of drug-likeness (QED) is 0.300. The molecule has 2 heterocycles. The van der Waals surface area contributed by atoms with Gasteiger partial charge < -0.3 is 25.0 Å². The van der Waals surface area contributed by atoms with E-state index < -0.39 is 29.6 Å². The summed E-state index contributed by atoms with van der Waals surface area (Å²) in [5.74, 6) is -2.07. The molecule has 2 saturated heterocycles. The number of amides is 4. The van der Waals surface area contributed by atoms with Gasteiger partial charge in [0.05, 0.1) is 12.1 Å². The number of carbonyl (C=O) groups is 3. The number of rotatable bonds is 8. The second-order valence-electron chi connectivity index (χ2n) is 11.9. The Morgan fingerprint density at radius 3 is 2.47 bits per heavy atom. The lowest BCUT2D eigenvalue weighted by Crippen LogP contribution is -2.56. The SMILES string of the molecule is COc1cc(-c2cccc(-c3cccc(NC(=O)C4CN(C)C(=O)N(C)C4=O)c3C)c2Cl)cc(F)c1CNC1(C)CCOCC1. The first-order valence-corrected chi connectivity index (χ1v) is 15.2.